The van der Waals surface area contributed by atoms with Gasteiger partial charge in [0.05, 0.1) is 0 Å². The molecular weight excluding hydrogens is 290 g/mol. The molecular formula is C18H21N3O2. The van der Waals surface area contributed by atoms with Crippen LogP contribution in [-0.2, 0) is 0 Å². The van der Waals surface area contributed by atoms with Gasteiger partial charge in [0.25, 0.3) is 5.91 Å². The maximum atomic E-state index is 12.7. The van der Waals surface area contributed by atoms with Gasteiger partial charge in [-0.1, -0.05) is 18.2 Å². The Kier molecular flexibility index (Phi) is 4.88. The van der Waals surface area contributed by atoms with Gasteiger partial charge in [-0.05, 0) is 38.1 Å². The van der Waals surface area contributed by atoms with Gasteiger partial charge in [0, 0.05) is 31.4 Å². The number of rotatable bonds is 5. The Morgan fingerprint density at radius 2 is 2.13 bits per heavy atom. The van der Waals surface area contributed by atoms with Gasteiger partial charge < -0.3 is 15.0 Å². The summed E-state index contributed by atoms with van der Waals surface area (Å²) in [5, 5.41) is 3.15. The molecule has 0 saturated carbocycles. The molecule has 1 atom stereocenters. The number of likely N-dealkylation sites (tertiary alicyclic amines) is 1. The van der Waals surface area contributed by atoms with Gasteiger partial charge in [-0.3, -0.25) is 9.78 Å². The summed E-state index contributed by atoms with van der Waals surface area (Å²) >= 11 is 0. The molecule has 0 aliphatic carbocycles. The molecule has 0 spiro atoms. The van der Waals surface area contributed by atoms with Crippen molar-refractivity contribution in [3.05, 3.63) is 54.4 Å². The first-order chi connectivity index (χ1) is 11.3. The van der Waals surface area contributed by atoms with Crippen LogP contribution in [0.5, 0.6) is 11.5 Å². The monoisotopic (exact) mass is 311 g/mol. The van der Waals surface area contributed by atoms with Crippen LogP contribution in [0.2, 0.25) is 0 Å². The van der Waals surface area contributed by atoms with Crippen LogP contribution in [0.1, 0.15) is 23.3 Å². The minimum atomic E-state index is -0.0266. The summed E-state index contributed by atoms with van der Waals surface area (Å²) in [6.45, 7) is 1.60. The van der Waals surface area contributed by atoms with E-state index in [2.05, 4.69) is 10.3 Å². The lowest BCUT2D eigenvalue weighted by molar-refractivity contribution is 0.0730. The average molecular weight is 311 g/mol. The number of hydrogen-bond acceptors (Lipinski definition) is 4. The largest absolute Gasteiger partial charge is 0.457 e. The SMILES string of the molecule is CNC[C@@H]1CCCN1C(=O)c1cc(Oc2ccccc2)ccn1. The number of aromatic nitrogens is 1. The predicted octanol–water partition coefficient (Wildman–Crippen LogP) is 2.70. The number of benzene rings is 1. The number of amides is 1. The van der Waals surface area contributed by atoms with Gasteiger partial charge in [0.1, 0.15) is 17.2 Å². The van der Waals surface area contributed by atoms with E-state index in [9.17, 15) is 4.79 Å². The summed E-state index contributed by atoms with van der Waals surface area (Å²) in [4.78, 5) is 18.9. The van der Waals surface area contributed by atoms with Crippen LogP contribution in [0.25, 0.3) is 0 Å². The third kappa shape index (κ3) is 3.68. The molecule has 1 aromatic carbocycles. The van der Waals surface area contributed by atoms with Gasteiger partial charge in [0.2, 0.25) is 0 Å². The van der Waals surface area contributed by atoms with Crippen LogP contribution in [-0.4, -0.2) is 42.0 Å². The van der Waals surface area contributed by atoms with Crippen molar-refractivity contribution in [2.45, 2.75) is 18.9 Å². The molecule has 1 N–H and O–H groups in total. The summed E-state index contributed by atoms with van der Waals surface area (Å²) in [5.74, 6) is 1.34. The number of carbonyl (C=O) groups excluding carboxylic acids is 1. The smallest absolute Gasteiger partial charge is 0.272 e. The topological polar surface area (TPSA) is 54.5 Å². The zero-order chi connectivity index (χ0) is 16.1. The Balaban J connectivity index is 1.75. The van der Waals surface area contributed by atoms with E-state index in [1.807, 2.05) is 42.3 Å². The summed E-state index contributed by atoms with van der Waals surface area (Å²) in [6, 6.07) is 13.2. The van der Waals surface area contributed by atoms with Crippen molar-refractivity contribution in [1.29, 1.82) is 0 Å². The molecule has 0 bridgehead atoms. The molecule has 1 aliphatic rings. The van der Waals surface area contributed by atoms with Crippen molar-refractivity contribution in [2.24, 2.45) is 0 Å². The highest BCUT2D eigenvalue weighted by atomic mass is 16.5. The molecule has 1 amide bonds. The normalized spacial score (nSPS) is 17.3. The molecule has 23 heavy (non-hydrogen) atoms. The highest BCUT2D eigenvalue weighted by molar-refractivity contribution is 5.93. The van der Waals surface area contributed by atoms with Gasteiger partial charge in [-0.25, -0.2) is 0 Å². The molecule has 120 valence electrons. The van der Waals surface area contributed by atoms with Crippen molar-refractivity contribution < 1.29 is 9.53 Å². The molecule has 2 aromatic rings. The first kappa shape index (κ1) is 15.5. The lowest BCUT2D eigenvalue weighted by Gasteiger charge is -2.24. The first-order valence-corrected chi connectivity index (χ1v) is 7.92. The highest BCUT2D eigenvalue weighted by Gasteiger charge is 2.29. The van der Waals surface area contributed by atoms with Crippen molar-refractivity contribution in [1.82, 2.24) is 15.2 Å². The number of nitrogens with one attached hydrogen (secondary N) is 1. The van der Waals surface area contributed by atoms with Gasteiger partial charge in [0.15, 0.2) is 0 Å². The molecule has 1 aromatic heterocycles. The second-order valence-electron chi connectivity index (χ2n) is 5.64. The molecule has 0 radical (unpaired) electrons. The molecule has 1 saturated heterocycles. The van der Waals surface area contributed by atoms with Crippen molar-refractivity contribution in [3.63, 3.8) is 0 Å². The number of nitrogens with zero attached hydrogens (tertiary/aromatic N) is 2. The fraction of sp³-hybridized carbons (Fsp3) is 0.333. The van der Waals surface area contributed by atoms with Crippen LogP contribution in [0.15, 0.2) is 48.7 Å². The zero-order valence-corrected chi connectivity index (χ0v) is 13.2. The van der Waals surface area contributed by atoms with E-state index in [0.717, 1.165) is 31.7 Å². The third-order valence-electron chi connectivity index (χ3n) is 4.01. The van der Waals surface area contributed by atoms with Crippen molar-refractivity contribution in [2.75, 3.05) is 20.1 Å². The Hall–Kier alpha value is -2.40. The standard InChI is InChI=1S/C18H21N3O2/c1-19-13-14-6-5-11-21(14)18(22)17-12-16(9-10-20-17)23-15-7-3-2-4-8-15/h2-4,7-10,12,14,19H,5-6,11,13H2,1H3/t14-/m0/s1. The summed E-state index contributed by atoms with van der Waals surface area (Å²) in [7, 11) is 1.91. The van der Waals surface area contributed by atoms with Crippen molar-refractivity contribution in [3.8, 4) is 11.5 Å². The van der Waals surface area contributed by atoms with Gasteiger partial charge >= 0.3 is 0 Å². The quantitative estimate of drug-likeness (QED) is 0.922. The van der Waals surface area contributed by atoms with E-state index < -0.39 is 0 Å². The second kappa shape index (κ2) is 7.24. The fourth-order valence-electron chi connectivity index (χ4n) is 2.91. The Bertz CT molecular complexity index is 660. The average Bonchev–Trinajstić information content (AvgIpc) is 3.04. The van der Waals surface area contributed by atoms with E-state index >= 15 is 0 Å². The molecule has 3 rings (SSSR count). The van der Waals surface area contributed by atoms with E-state index in [-0.39, 0.29) is 11.9 Å². The number of para-hydroxylation sites is 1. The molecule has 1 aliphatic heterocycles. The van der Waals surface area contributed by atoms with E-state index in [1.54, 1.807) is 18.3 Å². The predicted molar refractivity (Wildman–Crippen MR) is 88.7 cm³/mol. The number of ether oxygens (including phenoxy) is 1. The van der Waals surface area contributed by atoms with E-state index in [4.69, 9.17) is 4.74 Å². The molecule has 1 fully saturated rings. The maximum absolute atomic E-state index is 12.7. The summed E-state index contributed by atoms with van der Waals surface area (Å²) in [6.07, 6.45) is 3.69. The third-order valence-corrected chi connectivity index (χ3v) is 4.01. The van der Waals surface area contributed by atoms with Crippen LogP contribution in [0.3, 0.4) is 0 Å². The highest BCUT2D eigenvalue weighted by Crippen LogP contribution is 2.23. The number of carbonyl (C=O) groups is 1. The fourth-order valence-corrected chi connectivity index (χ4v) is 2.91. The van der Waals surface area contributed by atoms with Gasteiger partial charge in [-0.2, -0.15) is 0 Å². The number of pyridine rings is 1. The van der Waals surface area contributed by atoms with Crippen LogP contribution in [0, 0.1) is 0 Å². The summed E-state index contributed by atoms with van der Waals surface area (Å²) in [5.41, 5.74) is 0.432. The van der Waals surface area contributed by atoms with Crippen LogP contribution < -0.4 is 10.1 Å². The minimum Gasteiger partial charge on any atom is -0.457 e. The Morgan fingerprint density at radius 1 is 1.30 bits per heavy atom. The maximum Gasteiger partial charge on any atom is 0.272 e. The molecule has 0 unspecified atom stereocenters. The van der Waals surface area contributed by atoms with E-state index in [1.165, 1.54) is 0 Å². The lowest BCUT2D eigenvalue weighted by Crippen LogP contribution is -2.41. The Labute approximate surface area is 136 Å². The van der Waals surface area contributed by atoms with E-state index in [0.29, 0.717) is 11.4 Å². The van der Waals surface area contributed by atoms with Crippen LogP contribution >= 0.6 is 0 Å². The van der Waals surface area contributed by atoms with Crippen LogP contribution in [0.4, 0.5) is 0 Å². The lowest BCUT2D eigenvalue weighted by atomic mass is 10.2. The minimum absolute atomic E-state index is 0.0266. The second-order valence-corrected chi connectivity index (χ2v) is 5.64. The molecule has 5 heteroatoms. The molecule has 2 heterocycles. The van der Waals surface area contributed by atoms with Gasteiger partial charge in [-0.15, -0.1) is 0 Å². The summed E-state index contributed by atoms with van der Waals surface area (Å²) < 4.78 is 5.78. The first-order valence-electron chi connectivity index (χ1n) is 7.92. The number of likely N-dealkylation sites (N-methyl/N-ethyl adjacent to an activating group) is 1. The Morgan fingerprint density at radius 3 is 2.91 bits per heavy atom. The zero-order valence-electron chi connectivity index (χ0n) is 13.2. The molecule has 5 nitrogen and oxygen atoms in total. The van der Waals surface area contributed by atoms with Crippen molar-refractivity contribution >= 4 is 5.91 Å². The number of hydrogen-bond donors (Lipinski definition) is 1.